The van der Waals surface area contributed by atoms with E-state index in [0.29, 0.717) is 6.42 Å². The van der Waals surface area contributed by atoms with Crippen molar-refractivity contribution in [2.75, 3.05) is 6.54 Å². The van der Waals surface area contributed by atoms with Crippen molar-refractivity contribution in [1.82, 2.24) is 4.72 Å². The highest BCUT2D eigenvalue weighted by molar-refractivity contribution is 7.89. The van der Waals surface area contributed by atoms with Crippen LogP contribution in [0.5, 0.6) is 5.75 Å². The van der Waals surface area contributed by atoms with Gasteiger partial charge < -0.3 is 4.74 Å². The van der Waals surface area contributed by atoms with E-state index in [9.17, 15) is 12.8 Å². The standard InChI is InChI=1S/C10H12FNO3S/c1-2-7-6-12-16(13,14)10-8(11)4-3-5-9(10)15-7/h3-5,7,12H,2,6H2,1H3. The highest BCUT2D eigenvalue weighted by Crippen LogP contribution is 2.29. The fourth-order valence-corrected chi connectivity index (χ4v) is 2.82. The lowest BCUT2D eigenvalue weighted by molar-refractivity contribution is 0.199. The molecular formula is C10H12FNO3S. The van der Waals surface area contributed by atoms with E-state index in [1.807, 2.05) is 6.92 Å². The smallest absolute Gasteiger partial charge is 0.247 e. The highest BCUT2D eigenvalue weighted by atomic mass is 32.2. The summed E-state index contributed by atoms with van der Waals surface area (Å²) in [4.78, 5) is -0.397. The summed E-state index contributed by atoms with van der Waals surface area (Å²) in [5.41, 5.74) is 0. The molecule has 0 amide bonds. The molecule has 1 N–H and O–H groups in total. The van der Waals surface area contributed by atoms with Crippen LogP contribution in [0.15, 0.2) is 23.1 Å². The van der Waals surface area contributed by atoms with E-state index in [2.05, 4.69) is 4.72 Å². The lowest BCUT2D eigenvalue weighted by Gasteiger charge is -2.13. The Hall–Kier alpha value is -1.14. The number of halogens is 1. The Labute approximate surface area is 93.5 Å². The van der Waals surface area contributed by atoms with Gasteiger partial charge in [-0.05, 0) is 18.6 Å². The minimum absolute atomic E-state index is 0.0804. The first-order chi connectivity index (χ1) is 7.54. The third-order valence-corrected chi connectivity index (χ3v) is 3.93. The predicted molar refractivity (Wildman–Crippen MR) is 56.3 cm³/mol. The fourth-order valence-electron chi connectivity index (χ4n) is 1.57. The van der Waals surface area contributed by atoms with Crippen LogP contribution in [0.25, 0.3) is 0 Å². The maximum absolute atomic E-state index is 13.5. The number of benzene rings is 1. The molecule has 1 aliphatic rings. The molecular weight excluding hydrogens is 233 g/mol. The number of sulfonamides is 1. The molecule has 1 atom stereocenters. The molecule has 16 heavy (non-hydrogen) atoms. The molecule has 0 bridgehead atoms. The maximum Gasteiger partial charge on any atom is 0.247 e. The molecule has 88 valence electrons. The fraction of sp³-hybridized carbons (Fsp3) is 0.400. The minimum atomic E-state index is -3.80. The SMILES string of the molecule is CCC1CNS(=O)(=O)c2c(F)cccc2O1. The van der Waals surface area contributed by atoms with E-state index in [0.717, 1.165) is 6.07 Å². The first-order valence-corrected chi connectivity index (χ1v) is 6.47. The molecule has 6 heteroatoms. The zero-order valence-corrected chi connectivity index (χ0v) is 9.55. The van der Waals surface area contributed by atoms with E-state index in [1.54, 1.807) is 0 Å². The van der Waals surface area contributed by atoms with Crippen LogP contribution < -0.4 is 9.46 Å². The molecule has 0 aliphatic carbocycles. The number of fused-ring (bicyclic) bond motifs is 1. The normalized spacial score (nSPS) is 23.0. The average molecular weight is 245 g/mol. The van der Waals surface area contributed by atoms with E-state index < -0.39 is 20.7 Å². The Bertz CT molecular complexity index is 501. The molecule has 0 radical (unpaired) electrons. The molecule has 1 unspecified atom stereocenters. The first-order valence-electron chi connectivity index (χ1n) is 4.99. The van der Waals surface area contributed by atoms with E-state index in [4.69, 9.17) is 4.74 Å². The number of hydrogen-bond acceptors (Lipinski definition) is 3. The molecule has 0 spiro atoms. The van der Waals surface area contributed by atoms with Crippen LogP contribution in [0.2, 0.25) is 0 Å². The summed E-state index contributed by atoms with van der Waals surface area (Å²) in [6, 6.07) is 4.00. The number of ether oxygens (including phenoxy) is 1. The summed E-state index contributed by atoms with van der Waals surface area (Å²) < 4.78 is 44.7. The van der Waals surface area contributed by atoms with Gasteiger partial charge in [0.05, 0.1) is 0 Å². The van der Waals surface area contributed by atoms with Gasteiger partial charge in [-0.25, -0.2) is 17.5 Å². The van der Waals surface area contributed by atoms with Crippen LogP contribution in [-0.2, 0) is 10.0 Å². The van der Waals surface area contributed by atoms with Crippen LogP contribution in [-0.4, -0.2) is 21.1 Å². The van der Waals surface area contributed by atoms with Gasteiger partial charge in [-0.2, -0.15) is 0 Å². The Morgan fingerprint density at radius 2 is 2.31 bits per heavy atom. The first kappa shape index (κ1) is 11.3. The Morgan fingerprint density at radius 3 is 3.00 bits per heavy atom. The van der Waals surface area contributed by atoms with Crippen LogP contribution in [0.3, 0.4) is 0 Å². The summed E-state index contributed by atoms with van der Waals surface area (Å²) in [6.07, 6.45) is 0.385. The van der Waals surface area contributed by atoms with Crippen molar-refractivity contribution in [3.8, 4) is 5.75 Å². The van der Waals surface area contributed by atoms with Crippen LogP contribution in [0, 0.1) is 5.82 Å². The summed E-state index contributed by atoms with van der Waals surface area (Å²) >= 11 is 0. The predicted octanol–water partition coefficient (Wildman–Crippen LogP) is 1.28. The second kappa shape index (κ2) is 4.03. The largest absolute Gasteiger partial charge is 0.488 e. The van der Waals surface area contributed by atoms with Crippen molar-refractivity contribution in [3.05, 3.63) is 24.0 Å². The van der Waals surface area contributed by atoms with Crippen molar-refractivity contribution < 1.29 is 17.5 Å². The second-order valence-electron chi connectivity index (χ2n) is 3.57. The molecule has 0 aromatic heterocycles. The summed E-state index contributed by atoms with van der Waals surface area (Å²) in [7, 11) is -3.80. The molecule has 0 saturated heterocycles. The van der Waals surface area contributed by atoms with E-state index >= 15 is 0 Å². The third kappa shape index (κ3) is 1.90. The third-order valence-electron chi connectivity index (χ3n) is 2.45. The van der Waals surface area contributed by atoms with E-state index in [1.165, 1.54) is 12.1 Å². The number of nitrogens with one attached hydrogen (secondary N) is 1. The number of rotatable bonds is 1. The minimum Gasteiger partial charge on any atom is -0.488 e. The Kier molecular flexibility index (Phi) is 2.86. The van der Waals surface area contributed by atoms with Gasteiger partial charge in [-0.1, -0.05) is 13.0 Å². The summed E-state index contributed by atoms with van der Waals surface area (Å²) in [5.74, 6) is -0.710. The van der Waals surface area contributed by atoms with Gasteiger partial charge in [0.25, 0.3) is 0 Å². The molecule has 1 aliphatic heterocycles. The van der Waals surface area contributed by atoms with Gasteiger partial charge in [0, 0.05) is 6.54 Å². The highest BCUT2D eigenvalue weighted by Gasteiger charge is 2.29. The zero-order valence-electron chi connectivity index (χ0n) is 8.73. The average Bonchev–Trinajstić information content (AvgIpc) is 2.36. The van der Waals surface area contributed by atoms with Crippen molar-refractivity contribution in [2.45, 2.75) is 24.3 Å². The van der Waals surface area contributed by atoms with Crippen molar-refractivity contribution >= 4 is 10.0 Å². The second-order valence-corrected chi connectivity index (χ2v) is 5.27. The van der Waals surface area contributed by atoms with Crippen LogP contribution >= 0.6 is 0 Å². The molecule has 1 aromatic carbocycles. The lowest BCUT2D eigenvalue weighted by Crippen LogP contribution is -2.31. The van der Waals surface area contributed by atoms with Gasteiger partial charge in [-0.15, -0.1) is 0 Å². The van der Waals surface area contributed by atoms with Gasteiger partial charge >= 0.3 is 0 Å². The molecule has 0 saturated carbocycles. The zero-order chi connectivity index (χ0) is 11.8. The maximum atomic E-state index is 13.5. The topological polar surface area (TPSA) is 55.4 Å². The van der Waals surface area contributed by atoms with Gasteiger partial charge in [0.15, 0.2) is 4.90 Å². The summed E-state index contributed by atoms with van der Waals surface area (Å²) in [6.45, 7) is 2.04. The van der Waals surface area contributed by atoms with Gasteiger partial charge in [-0.3, -0.25) is 0 Å². The van der Waals surface area contributed by atoms with E-state index in [-0.39, 0.29) is 18.4 Å². The molecule has 0 fully saturated rings. The quantitative estimate of drug-likeness (QED) is 0.810. The monoisotopic (exact) mass is 245 g/mol. The van der Waals surface area contributed by atoms with Crippen LogP contribution in [0.4, 0.5) is 4.39 Å². The van der Waals surface area contributed by atoms with Crippen molar-refractivity contribution in [2.24, 2.45) is 0 Å². The Morgan fingerprint density at radius 1 is 1.56 bits per heavy atom. The van der Waals surface area contributed by atoms with Crippen molar-refractivity contribution in [3.63, 3.8) is 0 Å². The molecule has 4 nitrogen and oxygen atoms in total. The summed E-state index contributed by atoms with van der Waals surface area (Å²) in [5, 5.41) is 0. The molecule has 1 heterocycles. The van der Waals surface area contributed by atoms with Gasteiger partial charge in [0.1, 0.15) is 17.7 Å². The number of hydrogen-bond donors (Lipinski definition) is 1. The van der Waals surface area contributed by atoms with Crippen LogP contribution in [0.1, 0.15) is 13.3 Å². The van der Waals surface area contributed by atoms with Crippen molar-refractivity contribution in [1.29, 1.82) is 0 Å². The lowest BCUT2D eigenvalue weighted by atomic mass is 10.2. The molecule has 1 aromatic rings. The Balaban J connectivity index is 2.58. The van der Waals surface area contributed by atoms with Gasteiger partial charge in [0.2, 0.25) is 10.0 Å². The molecule has 2 rings (SSSR count).